The summed E-state index contributed by atoms with van der Waals surface area (Å²) in [5.74, 6) is 0.948. The molecule has 0 saturated carbocycles. The summed E-state index contributed by atoms with van der Waals surface area (Å²) < 4.78 is 30.4. The molecule has 4 nitrogen and oxygen atoms in total. The topological polar surface area (TPSA) is 59.3 Å². The molecule has 0 radical (unpaired) electrons. The van der Waals surface area contributed by atoms with Crippen LogP contribution in [0.3, 0.4) is 0 Å². The van der Waals surface area contributed by atoms with Gasteiger partial charge in [0.2, 0.25) is 10.0 Å². The molecular formula is C13H18KNO3S. The van der Waals surface area contributed by atoms with Gasteiger partial charge in [-0.3, -0.25) is 4.72 Å². The van der Waals surface area contributed by atoms with E-state index in [0.29, 0.717) is 5.69 Å². The zero-order chi connectivity index (χ0) is 13.2. The molecule has 0 fully saturated rings. The number of hydrogen-bond acceptors (Lipinski definition) is 3. The van der Waals surface area contributed by atoms with Gasteiger partial charge < -0.3 is 5.84 Å². The minimum atomic E-state index is -3.23. The third-order valence-corrected chi connectivity index (χ3v) is 3.25. The van der Waals surface area contributed by atoms with Gasteiger partial charge in [0.1, 0.15) is 11.3 Å². The monoisotopic (exact) mass is 307 g/mol. The minimum absolute atomic E-state index is 0. The molecule has 0 unspecified atom stereocenters. The van der Waals surface area contributed by atoms with E-state index in [1.54, 1.807) is 18.2 Å². The number of nitrogens with one attached hydrogen (secondary N) is 1. The van der Waals surface area contributed by atoms with Crippen LogP contribution < -0.4 is 56.1 Å². The minimum Gasteiger partial charge on any atom is -1.00 e. The summed E-state index contributed by atoms with van der Waals surface area (Å²) in [6, 6.07) is 7.25. The van der Waals surface area contributed by atoms with Crippen LogP contribution in [0.15, 0.2) is 28.7 Å². The summed E-state index contributed by atoms with van der Waals surface area (Å²) in [4.78, 5) is 0. The average molecular weight is 307 g/mol. The Hall–Kier alpha value is 0.146. The third kappa shape index (κ3) is 5.21. The maximum atomic E-state index is 11.1. The molecule has 0 aliphatic rings. The van der Waals surface area contributed by atoms with Crippen LogP contribution in [-0.4, -0.2) is 14.7 Å². The SMILES string of the molecule is CCCCc1cc2cc(NS(C)(=O)=O)ccc2o1.[H-].[K+]. The average Bonchev–Trinajstić information content (AvgIpc) is 2.66. The number of hydrogen-bond donors (Lipinski definition) is 1. The van der Waals surface area contributed by atoms with E-state index >= 15 is 0 Å². The zero-order valence-electron chi connectivity index (χ0n) is 12.6. The van der Waals surface area contributed by atoms with Gasteiger partial charge in [-0.1, -0.05) is 13.3 Å². The van der Waals surface area contributed by atoms with Crippen molar-refractivity contribution in [1.29, 1.82) is 0 Å². The van der Waals surface area contributed by atoms with Crippen molar-refractivity contribution in [3.8, 4) is 0 Å². The van der Waals surface area contributed by atoms with E-state index in [2.05, 4.69) is 11.6 Å². The smallest absolute Gasteiger partial charge is 1.00 e. The predicted octanol–water partition coefficient (Wildman–Crippen LogP) is 0.263. The van der Waals surface area contributed by atoms with Crippen molar-refractivity contribution in [3.05, 3.63) is 30.0 Å². The molecule has 2 aromatic rings. The standard InChI is InChI=1S/C13H17NO3S.K.H/c1-3-4-5-12-9-10-8-11(14-18(2,15)16)6-7-13(10)17-12;;/h6-9,14H,3-5H2,1-2H3;;/q;+1;-1. The van der Waals surface area contributed by atoms with E-state index in [-0.39, 0.29) is 52.8 Å². The quantitative estimate of drug-likeness (QED) is 0.806. The third-order valence-electron chi connectivity index (χ3n) is 2.65. The normalized spacial score (nSPS) is 11.3. The molecule has 0 saturated heterocycles. The van der Waals surface area contributed by atoms with Crippen LogP contribution >= 0.6 is 0 Å². The van der Waals surface area contributed by atoms with E-state index in [1.807, 2.05) is 6.07 Å². The maximum Gasteiger partial charge on any atom is 1.00 e. The van der Waals surface area contributed by atoms with E-state index in [1.165, 1.54) is 0 Å². The van der Waals surface area contributed by atoms with Crippen LogP contribution in [0, 0.1) is 0 Å². The molecule has 1 N–H and O–H groups in total. The Labute approximate surface area is 157 Å². The van der Waals surface area contributed by atoms with Crippen LogP contribution in [0.4, 0.5) is 5.69 Å². The van der Waals surface area contributed by atoms with Gasteiger partial charge in [-0.05, 0) is 30.7 Å². The molecule has 0 amide bonds. The number of anilines is 1. The van der Waals surface area contributed by atoms with Crippen LogP contribution in [0.25, 0.3) is 11.0 Å². The maximum absolute atomic E-state index is 11.1. The Morgan fingerprint density at radius 1 is 1.32 bits per heavy atom. The van der Waals surface area contributed by atoms with E-state index in [4.69, 9.17) is 4.42 Å². The summed E-state index contributed by atoms with van der Waals surface area (Å²) in [5, 5.41) is 0.926. The van der Waals surface area contributed by atoms with E-state index < -0.39 is 10.0 Å². The van der Waals surface area contributed by atoms with Gasteiger partial charge in [0.15, 0.2) is 0 Å². The van der Waals surface area contributed by atoms with Gasteiger partial charge in [0.05, 0.1) is 6.26 Å². The molecule has 2 rings (SSSR count). The Morgan fingerprint density at radius 2 is 2.05 bits per heavy atom. The van der Waals surface area contributed by atoms with Crippen LogP contribution in [0.5, 0.6) is 0 Å². The Kier molecular flexibility index (Phi) is 6.55. The fraction of sp³-hybridized carbons (Fsp3) is 0.385. The van der Waals surface area contributed by atoms with Crippen molar-refractivity contribution >= 4 is 26.7 Å². The largest absolute Gasteiger partial charge is 1.00 e. The molecule has 0 aliphatic carbocycles. The van der Waals surface area contributed by atoms with Crippen LogP contribution in [0.1, 0.15) is 27.0 Å². The molecule has 1 heterocycles. The molecule has 0 aliphatic heterocycles. The summed E-state index contributed by atoms with van der Waals surface area (Å²) in [5.41, 5.74) is 1.35. The van der Waals surface area contributed by atoms with Gasteiger partial charge in [-0.2, -0.15) is 0 Å². The van der Waals surface area contributed by atoms with Gasteiger partial charge >= 0.3 is 51.4 Å². The van der Waals surface area contributed by atoms with Gasteiger partial charge in [-0.25, -0.2) is 8.42 Å². The van der Waals surface area contributed by atoms with Gasteiger partial charge in [0.25, 0.3) is 0 Å². The molecule has 1 aromatic heterocycles. The number of benzene rings is 1. The second-order valence-corrected chi connectivity index (χ2v) is 6.19. The molecule has 0 bridgehead atoms. The summed E-state index contributed by atoms with van der Waals surface area (Å²) >= 11 is 0. The number of rotatable bonds is 5. The van der Waals surface area contributed by atoms with Crippen LogP contribution in [0.2, 0.25) is 0 Å². The number of unbranched alkanes of at least 4 members (excludes halogenated alkanes) is 1. The van der Waals surface area contributed by atoms with Crippen LogP contribution in [-0.2, 0) is 16.4 Å². The molecule has 100 valence electrons. The predicted molar refractivity (Wildman–Crippen MR) is 74.4 cm³/mol. The fourth-order valence-electron chi connectivity index (χ4n) is 1.85. The van der Waals surface area contributed by atoms with Crippen molar-refractivity contribution < 1.29 is 65.6 Å². The first-order chi connectivity index (χ1) is 8.48. The Morgan fingerprint density at radius 3 is 2.68 bits per heavy atom. The number of sulfonamides is 1. The van der Waals surface area contributed by atoms with Crippen molar-refractivity contribution in [1.82, 2.24) is 0 Å². The zero-order valence-corrected chi connectivity index (χ0v) is 15.5. The first kappa shape index (κ1) is 17.2. The molecular weight excluding hydrogens is 289 g/mol. The number of fused-ring (bicyclic) bond motifs is 1. The second-order valence-electron chi connectivity index (χ2n) is 4.44. The first-order valence-corrected chi connectivity index (χ1v) is 7.87. The second kappa shape index (κ2) is 7.24. The van der Waals surface area contributed by atoms with E-state index in [9.17, 15) is 8.42 Å². The molecule has 1 aromatic carbocycles. The molecule has 0 spiro atoms. The first-order valence-electron chi connectivity index (χ1n) is 5.98. The summed E-state index contributed by atoms with van der Waals surface area (Å²) in [7, 11) is -3.23. The Balaban J connectivity index is 0.00000180. The molecule has 0 atom stereocenters. The fourth-order valence-corrected chi connectivity index (χ4v) is 2.41. The van der Waals surface area contributed by atoms with Gasteiger partial charge in [-0.15, -0.1) is 0 Å². The number of aryl methyl sites for hydroxylation is 1. The number of furan rings is 1. The van der Waals surface area contributed by atoms with Gasteiger partial charge in [0, 0.05) is 17.5 Å². The Bertz CT molecular complexity index is 655. The van der Waals surface area contributed by atoms with Crippen molar-refractivity contribution in [3.63, 3.8) is 0 Å². The summed E-state index contributed by atoms with van der Waals surface area (Å²) in [6.45, 7) is 2.14. The summed E-state index contributed by atoms with van der Waals surface area (Å²) in [6.07, 6.45) is 4.27. The van der Waals surface area contributed by atoms with Crippen molar-refractivity contribution in [2.75, 3.05) is 11.0 Å². The van der Waals surface area contributed by atoms with Crippen molar-refractivity contribution in [2.24, 2.45) is 0 Å². The molecule has 6 heteroatoms. The van der Waals surface area contributed by atoms with E-state index in [0.717, 1.165) is 42.2 Å². The van der Waals surface area contributed by atoms with Crippen molar-refractivity contribution in [2.45, 2.75) is 26.2 Å². The molecule has 19 heavy (non-hydrogen) atoms.